The van der Waals surface area contributed by atoms with E-state index in [1.807, 2.05) is 0 Å². The van der Waals surface area contributed by atoms with E-state index < -0.39 is 27.5 Å². The van der Waals surface area contributed by atoms with Crippen molar-refractivity contribution in [3.63, 3.8) is 0 Å². The molecule has 0 atom stereocenters. The number of rotatable bonds is 3. The molecule has 0 spiro atoms. The van der Waals surface area contributed by atoms with Gasteiger partial charge in [0.1, 0.15) is 0 Å². The minimum absolute atomic E-state index is 0.0457. The first-order valence-electron chi connectivity index (χ1n) is 3.72. The first kappa shape index (κ1) is 11.5. The lowest BCUT2D eigenvalue weighted by Crippen LogP contribution is -2.01. The van der Waals surface area contributed by atoms with Gasteiger partial charge in [0.15, 0.2) is 0 Å². The predicted molar refractivity (Wildman–Crippen MR) is 47.6 cm³/mol. The zero-order valence-electron chi connectivity index (χ0n) is 7.17. The van der Waals surface area contributed by atoms with Crippen molar-refractivity contribution < 1.29 is 18.5 Å². The van der Waals surface area contributed by atoms with Gasteiger partial charge in [0.25, 0.3) is 0 Å². The Hall–Kier alpha value is -1.56. The van der Waals surface area contributed by atoms with Crippen LogP contribution in [0.2, 0.25) is 0 Å². The fourth-order valence-electron chi connectivity index (χ4n) is 1.05. The molecular formula is C8H4ClF2NO3. The van der Waals surface area contributed by atoms with Crippen LogP contribution >= 0.6 is 11.6 Å². The molecule has 0 aromatic heterocycles. The molecule has 7 heteroatoms. The molecule has 15 heavy (non-hydrogen) atoms. The molecule has 0 unspecified atom stereocenters. The zero-order valence-corrected chi connectivity index (χ0v) is 7.92. The second-order valence-electron chi connectivity index (χ2n) is 2.70. The van der Waals surface area contributed by atoms with E-state index in [4.69, 9.17) is 11.6 Å². The molecule has 0 aliphatic carbocycles. The highest BCUT2D eigenvalue weighted by Crippen LogP contribution is 2.23. The zero-order chi connectivity index (χ0) is 11.6. The van der Waals surface area contributed by atoms with Crippen LogP contribution in [0.1, 0.15) is 5.56 Å². The monoisotopic (exact) mass is 235 g/mol. The Balaban J connectivity index is 3.19. The topological polar surface area (TPSA) is 60.2 Å². The van der Waals surface area contributed by atoms with Crippen molar-refractivity contribution in [1.82, 2.24) is 0 Å². The maximum atomic E-state index is 13.0. The van der Waals surface area contributed by atoms with E-state index in [1.165, 1.54) is 0 Å². The number of nitro groups is 1. The van der Waals surface area contributed by atoms with Gasteiger partial charge in [0.05, 0.1) is 4.92 Å². The Morgan fingerprint density at radius 2 is 1.87 bits per heavy atom. The molecule has 0 saturated heterocycles. The second-order valence-corrected chi connectivity index (χ2v) is 3.12. The van der Waals surface area contributed by atoms with Crippen LogP contribution in [0.15, 0.2) is 12.1 Å². The molecule has 0 heterocycles. The molecule has 1 aromatic rings. The summed E-state index contributed by atoms with van der Waals surface area (Å²) >= 11 is 5.00. The summed E-state index contributed by atoms with van der Waals surface area (Å²) in [7, 11) is 0. The van der Waals surface area contributed by atoms with Gasteiger partial charge in [-0.15, -0.1) is 0 Å². The highest BCUT2D eigenvalue weighted by molar-refractivity contribution is 6.63. The third-order valence-electron chi connectivity index (χ3n) is 1.60. The number of carbonyl (C=O) groups excluding carboxylic acids is 1. The van der Waals surface area contributed by atoms with Crippen molar-refractivity contribution in [1.29, 1.82) is 0 Å². The lowest BCUT2D eigenvalue weighted by molar-refractivity contribution is -0.390. The lowest BCUT2D eigenvalue weighted by Gasteiger charge is -1.99. The van der Waals surface area contributed by atoms with E-state index in [0.717, 1.165) is 0 Å². The van der Waals surface area contributed by atoms with Crippen LogP contribution in [0, 0.1) is 21.7 Å². The van der Waals surface area contributed by atoms with Gasteiger partial charge >= 0.3 is 5.69 Å². The van der Waals surface area contributed by atoms with Gasteiger partial charge in [-0.3, -0.25) is 14.9 Å². The van der Waals surface area contributed by atoms with Gasteiger partial charge in [-0.1, -0.05) is 0 Å². The van der Waals surface area contributed by atoms with Gasteiger partial charge < -0.3 is 0 Å². The summed E-state index contributed by atoms with van der Waals surface area (Å²) in [5.41, 5.74) is -1.28. The number of hydrogen-bond donors (Lipinski definition) is 0. The Bertz CT molecular complexity index is 413. The van der Waals surface area contributed by atoms with Crippen molar-refractivity contribution in [3.05, 3.63) is 39.4 Å². The van der Waals surface area contributed by atoms with E-state index in [-0.39, 0.29) is 12.0 Å². The Morgan fingerprint density at radius 3 is 2.20 bits per heavy atom. The van der Waals surface area contributed by atoms with Crippen LogP contribution in [-0.4, -0.2) is 10.2 Å². The van der Waals surface area contributed by atoms with Crippen LogP contribution < -0.4 is 0 Å². The van der Waals surface area contributed by atoms with Crippen LogP contribution in [0.4, 0.5) is 14.5 Å². The summed E-state index contributed by atoms with van der Waals surface area (Å²) in [5, 5.41) is 9.41. The normalized spacial score (nSPS) is 10.1. The summed E-state index contributed by atoms with van der Waals surface area (Å²) in [5.74, 6) is -2.65. The Kier molecular flexibility index (Phi) is 3.31. The molecule has 1 aromatic carbocycles. The molecular weight excluding hydrogens is 232 g/mol. The van der Waals surface area contributed by atoms with E-state index in [0.29, 0.717) is 12.1 Å². The van der Waals surface area contributed by atoms with Crippen molar-refractivity contribution in [3.8, 4) is 0 Å². The SMILES string of the molecule is O=C(Cl)Cc1cc(F)c([N+](=O)[O-])c(F)c1. The summed E-state index contributed by atoms with van der Waals surface area (Å²) < 4.78 is 26.0. The third-order valence-corrected chi connectivity index (χ3v) is 1.74. The maximum absolute atomic E-state index is 13.0. The quantitative estimate of drug-likeness (QED) is 0.458. The van der Waals surface area contributed by atoms with E-state index in [9.17, 15) is 23.7 Å². The maximum Gasteiger partial charge on any atom is 0.340 e. The van der Waals surface area contributed by atoms with Gasteiger partial charge in [0, 0.05) is 6.42 Å². The number of hydrogen-bond acceptors (Lipinski definition) is 3. The molecule has 0 bridgehead atoms. The smallest absolute Gasteiger partial charge is 0.281 e. The second kappa shape index (κ2) is 4.31. The fourth-order valence-corrected chi connectivity index (χ4v) is 1.21. The first-order valence-corrected chi connectivity index (χ1v) is 4.10. The van der Waals surface area contributed by atoms with Crippen molar-refractivity contribution >= 4 is 22.5 Å². The van der Waals surface area contributed by atoms with Crippen molar-refractivity contribution in [2.45, 2.75) is 6.42 Å². The molecule has 0 aliphatic rings. The molecule has 0 radical (unpaired) electrons. The summed E-state index contributed by atoms with van der Waals surface area (Å²) in [4.78, 5) is 19.5. The van der Waals surface area contributed by atoms with E-state index >= 15 is 0 Å². The summed E-state index contributed by atoms with van der Waals surface area (Å²) in [6.45, 7) is 0. The number of nitro benzene ring substituents is 1. The molecule has 0 amide bonds. The molecule has 0 saturated carbocycles. The van der Waals surface area contributed by atoms with Crippen molar-refractivity contribution in [2.75, 3.05) is 0 Å². The van der Waals surface area contributed by atoms with Gasteiger partial charge in [-0.05, 0) is 29.3 Å². The van der Waals surface area contributed by atoms with Crippen LogP contribution in [0.5, 0.6) is 0 Å². The Labute approximate surface area is 87.6 Å². The van der Waals surface area contributed by atoms with E-state index in [1.54, 1.807) is 0 Å². The third kappa shape index (κ3) is 2.69. The van der Waals surface area contributed by atoms with Crippen molar-refractivity contribution in [2.24, 2.45) is 0 Å². The predicted octanol–water partition coefficient (Wildman–Crippen LogP) is 2.18. The standard InChI is InChI=1S/C8H4ClF2NO3/c9-7(13)3-4-1-5(10)8(12(14)15)6(11)2-4/h1-2H,3H2. The molecule has 0 fully saturated rings. The van der Waals surface area contributed by atoms with Crippen LogP contribution in [0.25, 0.3) is 0 Å². The first-order chi connectivity index (χ1) is 6.91. The molecule has 0 N–H and O–H groups in total. The van der Waals surface area contributed by atoms with Crippen LogP contribution in [0.3, 0.4) is 0 Å². The van der Waals surface area contributed by atoms with Crippen LogP contribution in [-0.2, 0) is 11.2 Å². The summed E-state index contributed by atoms with van der Waals surface area (Å²) in [6, 6.07) is 1.42. The highest BCUT2D eigenvalue weighted by atomic mass is 35.5. The number of benzene rings is 1. The van der Waals surface area contributed by atoms with E-state index in [2.05, 4.69) is 0 Å². The lowest BCUT2D eigenvalue weighted by atomic mass is 10.1. The largest absolute Gasteiger partial charge is 0.340 e. The fraction of sp³-hybridized carbons (Fsp3) is 0.125. The summed E-state index contributed by atoms with van der Waals surface area (Å²) in [6.07, 6.45) is -0.382. The Morgan fingerprint density at radius 1 is 1.40 bits per heavy atom. The molecule has 1 rings (SSSR count). The average molecular weight is 236 g/mol. The number of nitrogens with zero attached hydrogens (tertiary/aromatic N) is 1. The number of halogens is 3. The average Bonchev–Trinajstić information content (AvgIpc) is 1.99. The molecule has 4 nitrogen and oxygen atoms in total. The van der Waals surface area contributed by atoms with Gasteiger partial charge in [-0.2, -0.15) is 8.78 Å². The number of carbonyl (C=O) groups is 1. The van der Waals surface area contributed by atoms with Gasteiger partial charge in [-0.25, -0.2) is 0 Å². The minimum Gasteiger partial charge on any atom is -0.281 e. The molecule has 0 aliphatic heterocycles. The molecule has 80 valence electrons. The highest BCUT2D eigenvalue weighted by Gasteiger charge is 2.22. The minimum atomic E-state index is -1.33. The van der Waals surface area contributed by atoms with Gasteiger partial charge in [0.2, 0.25) is 16.9 Å².